The van der Waals surface area contributed by atoms with Gasteiger partial charge in [0.15, 0.2) is 0 Å². The van der Waals surface area contributed by atoms with Gasteiger partial charge in [-0.15, -0.1) is 11.3 Å². The van der Waals surface area contributed by atoms with Crippen molar-refractivity contribution in [2.45, 2.75) is 0 Å². The summed E-state index contributed by atoms with van der Waals surface area (Å²) in [5.74, 6) is -1.14. The summed E-state index contributed by atoms with van der Waals surface area (Å²) >= 11 is 1.22. The molecule has 0 fully saturated rings. The van der Waals surface area contributed by atoms with E-state index in [1.54, 1.807) is 5.51 Å². The van der Waals surface area contributed by atoms with Gasteiger partial charge in [-0.1, -0.05) is 30.3 Å². The fourth-order valence-corrected chi connectivity index (χ4v) is 3.01. The molecule has 5 nitrogen and oxygen atoms in total. The molecule has 0 saturated carbocycles. The van der Waals surface area contributed by atoms with E-state index >= 15 is 0 Å². The molecule has 0 saturated heterocycles. The summed E-state index contributed by atoms with van der Waals surface area (Å²) < 4.78 is 1.64. The maximum absolute atomic E-state index is 12.2. The van der Waals surface area contributed by atoms with Gasteiger partial charge in [0.2, 0.25) is 0 Å². The molecule has 2 aromatic heterocycles. The Morgan fingerprint density at radius 2 is 2.00 bits per heavy atom. The van der Waals surface area contributed by atoms with Crippen molar-refractivity contribution in [1.29, 1.82) is 0 Å². The standard InChI is InChI=1S/C14H10N2O3S/c1-16-11(14(18)19)9(8-5-3-2-4-6-8)10-12(13(16)17)20-7-15-10/h2-7H,1H3,(H,18,19). The van der Waals surface area contributed by atoms with E-state index in [9.17, 15) is 14.7 Å². The lowest BCUT2D eigenvalue weighted by molar-refractivity contribution is 0.0686. The number of nitrogens with zero attached hydrogens (tertiary/aromatic N) is 2. The van der Waals surface area contributed by atoms with Gasteiger partial charge in [0.1, 0.15) is 10.4 Å². The Hall–Kier alpha value is -2.47. The number of benzene rings is 1. The van der Waals surface area contributed by atoms with Gasteiger partial charge in [0, 0.05) is 12.6 Å². The van der Waals surface area contributed by atoms with E-state index in [1.807, 2.05) is 30.3 Å². The summed E-state index contributed by atoms with van der Waals surface area (Å²) in [6.45, 7) is 0. The average molecular weight is 286 g/mol. The monoisotopic (exact) mass is 286 g/mol. The van der Waals surface area contributed by atoms with Gasteiger partial charge >= 0.3 is 5.97 Å². The van der Waals surface area contributed by atoms with Crippen LogP contribution in [-0.2, 0) is 7.05 Å². The molecule has 0 aliphatic heterocycles. The van der Waals surface area contributed by atoms with E-state index in [0.29, 0.717) is 15.8 Å². The Balaban J connectivity index is 2.55. The molecule has 0 radical (unpaired) electrons. The molecule has 0 aliphatic carbocycles. The third-order valence-corrected chi connectivity index (χ3v) is 3.95. The van der Waals surface area contributed by atoms with Gasteiger partial charge in [-0.3, -0.25) is 4.79 Å². The van der Waals surface area contributed by atoms with Crippen molar-refractivity contribution in [2.75, 3.05) is 0 Å². The number of pyridine rings is 1. The number of carboxylic acids is 1. The van der Waals surface area contributed by atoms with Crippen LogP contribution in [0.1, 0.15) is 10.5 Å². The second-order valence-corrected chi connectivity index (χ2v) is 5.14. The van der Waals surface area contributed by atoms with Gasteiger partial charge in [-0.25, -0.2) is 9.78 Å². The largest absolute Gasteiger partial charge is 0.477 e. The van der Waals surface area contributed by atoms with E-state index in [2.05, 4.69) is 4.98 Å². The number of hydrogen-bond acceptors (Lipinski definition) is 4. The molecule has 3 rings (SSSR count). The Morgan fingerprint density at radius 1 is 1.30 bits per heavy atom. The zero-order chi connectivity index (χ0) is 14.3. The van der Waals surface area contributed by atoms with Gasteiger partial charge < -0.3 is 9.67 Å². The number of aromatic nitrogens is 2. The van der Waals surface area contributed by atoms with Crippen molar-refractivity contribution in [1.82, 2.24) is 9.55 Å². The molecule has 1 N–H and O–H groups in total. The fourth-order valence-electron chi connectivity index (χ4n) is 2.24. The average Bonchev–Trinajstić information content (AvgIpc) is 2.92. The Kier molecular flexibility index (Phi) is 2.87. The van der Waals surface area contributed by atoms with Gasteiger partial charge in [-0.2, -0.15) is 0 Å². The minimum atomic E-state index is -1.14. The predicted octanol–water partition coefficient (Wildman–Crippen LogP) is 2.36. The van der Waals surface area contributed by atoms with E-state index in [-0.39, 0.29) is 11.3 Å². The molecular weight excluding hydrogens is 276 g/mol. The second-order valence-electron chi connectivity index (χ2n) is 4.29. The number of rotatable bonds is 2. The lowest BCUT2D eigenvalue weighted by Crippen LogP contribution is -2.24. The molecule has 0 bridgehead atoms. The minimum Gasteiger partial charge on any atom is -0.477 e. The molecule has 2 heterocycles. The third-order valence-electron chi connectivity index (χ3n) is 3.14. The van der Waals surface area contributed by atoms with Crippen molar-refractivity contribution in [3.05, 3.63) is 51.9 Å². The molecule has 0 atom stereocenters. The number of fused-ring (bicyclic) bond motifs is 1. The van der Waals surface area contributed by atoms with Crippen LogP contribution in [0.25, 0.3) is 21.3 Å². The van der Waals surface area contributed by atoms with Crippen LogP contribution in [-0.4, -0.2) is 20.6 Å². The maximum atomic E-state index is 12.2. The second kappa shape index (κ2) is 4.57. The van der Waals surface area contributed by atoms with E-state index < -0.39 is 5.97 Å². The first-order chi connectivity index (χ1) is 9.61. The van der Waals surface area contributed by atoms with Crippen LogP contribution in [0.3, 0.4) is 0 Å². The number of thiazole rings is 1. The first kappa shape index (κ1) is 12.6. The molecular formula is C14H10N2O3S. The summed E-state index contributed by atoms with van der Waals surface area (Å²) in [7, 11) is 1.47. The molecule has 1 aromatic carbocycles. The maximum Gasteiger partial charge on any atom is 0.353 e. The van der Waals surface area contributed by atoms with Crippen molar-refractivity contribution < 1.29 is 9.90 Å². The molecule has 0 amide bonds. The SMILES string of the molecule is Cn1c(C(=O)O)c(-c2ccccc2)c2ncsc2c1=O. The molecule has 6 heteroatoms. The summed E-state index contributed by atoms with van der Waals surface area (Å²) in [5, 5.41) is 9.45. The highest BCUT2D eigenvalue weighted by atomic mass is 32.1. The van der Waals surface area contributed by atoms with Crippen molar-refractivity contribution in [3.8, 4) is 11.1 Å². The van der Waals surface area contributed by atoms with E-state index in [0.717, 1.165) is 5.56 Å². The first-order valence-electron chi connectivity index (χ1n) is 5.86. The number of carboxylic acid groups (broad SMARTS) is 1. The van der Waals surface area contributed by atoms with Crippen LogP contribution in [0.2, 0.25) is 0 Å². The smallest absolute Gasteiger partial charge is 0.353 e. The quantitative estimate of drug-likeness (QED) is 0.785. The Bertz CT molecular complexity index is 865. The summed E-state index contributed by atoms with van der Waals surface area (Å²) in [5.41, 5.74) is 2.85. The number of aromatic carboxylic acids is 1. The van der Waals surface area contributed by atoms with Gasteiger partial charge in [0.05, 0.1) is 11.0 Å². The van der Waals surface area contributed by atoms with E-state index in [1.165, 1.54) is 23.0 Å². The highest BCUT2D eigenvalue weighted by molar-refractivity contribution is 7.16. The number of carbonyl (C=O) groups is 1. The highest BCUT2D eigenvalue weighted by Gasteiger charge is 2.22. The van der Waals surface area contributed by atoms with Crippen LogP contribution in [0.5, 0.6) is 0 Å². The van der Waals surface area contributed by atoms with Crippen LogP contribution >= 0.6 is 11.3 Å². The first-order valence-corrected chi connectivity index (χ1v) is 6.74. The summed E-state index contributed by atoms with van der Waals surface area (Å²) in [4.78, 5) is 27.9. The van der Waals surface area contributed by atoms with Crippen LogP contribution in [0.4, 0.5) is 0 Å². The zero-order valence-corrected chi connectivity index (χ0v) is 11.3. The lowest BCUT2D eigenvalue weighted by Gasteiger charge is -2.11. The van der Waals surface area contributed by atoms with Crippen molar-refractivity contribution in [3.63, 3.8) is 0 Å². The topological polar surface area (TPSA) is 72.2 Å². The van der Waals surface area contributed by atoms with Crippen molar-refractivity contribution in [2.24, 2.45) is 7.05 Å². The molecule has 3 aromatic rings. The summed E-state index contributed by atoms with van der Waals surface area (Å²) in [6.07, 6.45) is 0. The molecule has 0 aliphatic rings. The van der Waals surface area contributed by atoms with Crippen LogP contribution < -0.4 is 5.56 Å². The molecule has 0 unspecified atom stereocenters. The van der Waals surface area contributed by atoms with Gasteiger partial charge in [-0.05, 0) is 5.56 Å². The lowest BCUT2D eigenvalue weighted by atomic mass is 10.0. The molecule has 20 heavy (non-hydrogen) atoms. The zero-order valence-electron chi connectivity index (χ0n) is 10.5. The summed E-state index contributed by atoms with van der Waals surface area (Å²) in [6, 6.07) is 9.12. The molecule has 0 spiro atoms. The van der Waals surface area contributed by atoms with Gasteiger partial charge in [0.25, 0.3) is 5.56 Å². The van der Waals surface area contributed by atoms with Crippen LogP contribution in [0.15, 0.2) is 40.6 Å². The third kappa shape index (κ3) is 1.73. The highest BCUT2D eigenvalue weighted by Crippen LogP contribution is 2.30. The molecule has 100 valence electrons. The Morgan fingerprint density at radius 3 is 2.65 bits per heavy atom. The number of hydrogen-bond donors (Lipinski definition) is 1. The predicted molar refractivity (Wildman–Crippen MR) is 77.3 cm³/mol. The Labute approximate surface area is 117 Å². The fraction of sp³-hybridized carbons (Fsp3) is 0.0714. The van der Waals surface area contributed by atoms with E-state index in [4.69, 9.17) is 0 Å². The van der Waals surface area contributed by atoms with Crippen LogP contribution in [0, 0.1) is 0 Å². The normalized spacial score (nSPS) is 10.8. The van der Waals surface area contributed by atoms with Crippen molar-refractivity contribution >= 4 is 27.5 Å². The minimum absolute atomic E-state index is 0.0420.